The van der Waals surface area contributed by atoms with Gasteiger partial charge in [-0.2, -0.15) is 0 Å². The summed E-state index contributed by atoms with van der Waals surface area (Å²) in [5.74, 6) is -2.91. The van der Waals surface area contributed by atoms with Gasteiger partial charge in [0, 0.05) is 15.5 Å². The molecule has 0 bridgehead atoms. The number of ether oxygens (including phenoxy) is 3. The molecule has 3 aromatic rings. The molecule has 2 aromatic carbocycles. The molecule has 0 saturated heterocycles. The van der Waals surface area contributed by atoms with Crippen LogP contribution >= 0.6 is 34.5 Å². The van der Waals surface area contributed by atoms with Crippen LogP contribution in [0.4, 0.5) is 18.9 Å². The molecule has 1 N–H and O–H groups in total. The van der Waals surface area contributed by atoms with Crippen molar-refractivity contribution in [3.63, 3.8) is 0 Å². The smallest absolute Gasteiger partial charge is 0.462 e. The molecule has 1 aromatic heterocycles. The van der Waals surface area contributed by atoms with Gasteiger partial charge in [0.05, 0.1) is 22.9 Å². The third-order valence-electron chi connectivity index (χ3n) is 4.32. The van der Waals surface area contributed by atoms with Crippen molar-refractivity contribution < 1.29 is 41.8 Å². The van der Waals surface area contributed by atoms with Crippen LogP contribution in [0.5, 0.6) is 5.75 Å². The van der Waals surface area contributed by atoms with Crippen molar-refractivity contribution in [1.29, 1.82) is 0 Å². The Bertz CT molecular complexity index is 1280. The number of carbonyl (C=O) groups is 3. The second-order valence-electron chi connectivity index (χ2n) is 6.89. The van der Waals surface area contributed by atoms with Crippen molar-refractivity contribution in [1.82, 2.24) is 0 Å². The minimum atomic E-state index is -4.87. The Balaban J connectivity index is 1.70. The Hall–Kier alpha value is -3.28. The summed E-state index contributed by atoms with van der Waals surface area (Å²) in [4.78, 5) is 37.6. The Morgan fingerprint density at radius 1 is 0.972 bits per heavy atom. The number of carbonyl (C=O) groups excluding carboxylic acids is 3. The van der Waals surface area contributed by atoms with Crippen LogP contribution in [0.25, 0.3) is 10.4 Å². The molecule has 0 spiro atoms. The molecular weight excluding hydrogens is 546 g/mol. The summed E-state index contributed by atoms with van der Waals surface area (Å²) in [5, 5.41) is 3.24. The first kappa shape index (κ1) is 27.3. The maximum atomic E-state index is 12.4. The van der Waals surface area contributed by atoms with Gasteiger partial charge in [-0.25, -0.2) is 9.59 Å². The molecule has 0 unspecified atom stereocenters. The van der Waals surface area contributed by atoms with Gasteiger partial charge in [-0.1, -0.05) is 29.3 Å². The molecule has 0 saturated carbocycles. The van der Waals surface area contributed by atoms with Crippen molar-refractivity contribution in [2.45, 2.75) is 13.3 Å². The van der Waals surface area contributed by atoms with Crippen LogP contribution in [0.3, 0.4) is 0 Å². The molecule has 0 aliphatic rings. The average molecular weight is 562 g/mol. The summed E-state index contributed by atoms with van der Waals surface area (Å²) in [6.45, 7) is 1.00. The van der Waals surface area contributed by atoms with E-state index >= 15 is 0 Å². The summed E-state index contributed by atoms with van der Waals surface area (Å²) >= 11 is 13.2. The average Bonchev–Trinajstić information content (AvgIpc) is 3.20. The van der Waals surface area contributed by atoms with E-state index in [0.29, 0.717) is 20.5 Å². The number of hydrogen-bond acceptors (Lipinski definition) is 7. The zero-order valence-corrected chi connectivity index (χ0v) is 20.6. The third-order valence-corrected chi connectivity index (χ3v) is 6.02. The fourth-order valence-corrected chi connectivity index (χ4v) is 4.46. The number of anilines is 1. The number of alkyl halides is 3. The molecule has 7 nitrogen and oxygen atoms in total. The number of halogens is 5. The summed E-state index contributed by atoms with van der Waals surface area (Å²) < 4.78 is 50.4. The van der Waals surface area contributed by atoms with Crippen molar-refractivity contribution in [3.8, 4) is 16.2 Å². The highest BCUT2D eigenvalue weighted by Crippen LogP contribution is 2.39. The summed E-state index contributed by atoms with van der Waals surface area (Å²) in [6, 6.07) is 10.3. The zero-order chi connectivity index (χ0) is 26.5. The Morgan fingerprint density at radius 3 is 2.28 bits per heavy atom. The lowest BCUT2D eigenvalue weighted by Gasteiger charge is -2.09. The molecule has 0 aliphatic carbocycles. The molecule has 3 rings (SSSR count). The van der Waals surface area contributed by atoms with Crippen molar-refractivity contribution in [2.75, 3.05) is 18.5 Å². The largest absolute Gasteiger partial charge is 0.573 e. The van der Waals surface area contributed by atoms with E-state index in [-0.39, 0.29) is 22.7 Å². The topological polar surface area (TPSA) is 90.9 Å². The predicted molar refractivity (Wildman–Crippen MR) is 128 cm³/mol. The standard InChI is InChI=1S/C23H16Cl2F3NO6S/c1-2-33-22(32)20-17(10-18(36-20)15-8-5-13(24)9-16(15)25)29-19(30)11-34-21(31)12-3-6-14(7-4-12)35-23(26,27)28/h3-10H,2,11H2,1H3,(H,29,30). The third kappa shape index (κ3) is 7.36. The van der Waals surface area contributed by atoms with E-state index in [1.807, 2.05) is 0 Å². The first-order valence-corrected chi connectivity index (χ1v) is 11.6. The van der Waals surface area contributed by atoms with Crippen LogP contribution in [-0.4, -0.2) is 37.4 Å². The number of amides is 1. The van der Waals surface area contributed by atoms with Crippen LogP contribution in [0.2, 0.25) is 10.0 Å². The van der Waals surface area contributed by atoms with Gasteiger partial charge in [-0.3, -0.25) is 4.79 Å². The van der Waals surface area contributed by atoms with Crippen LogP contribution in [0.1, 0.15) is 27.0 Å². The van der Waals surface area contributed by atoms with Crippen LogP contribution < -0.4 is 10.1 Å². The molecule has 1 heterocycles. The number of nitrogens with one attached hydrogen (secondary N) is 1. The molecule has 13 heteroatoms. The maximum absolute atomic E-state index is 12.4. The Kier molecular flexibility index (Phi) is 8.83. The van der Waals surface area contributed by atoms with Crippen LogP contribution in [0, 0.1) is 0 Å². The van der Waals surface area contributed by atoms with Gasteiger partial charge >= 0.3 is 18.3 Å². The molecule has 1 amide bonds. The van der Waals surface area contributed by atoms with Gasteiger partial charge in [0.2, 0.25) is 0 Å². The van der Waals surface area contributed by atoms with E-state index in [0.717, 1.165) is 35.6 Å². The lowest BCUT2D eigenvalue weighted by molar-refractivity contribution is -0.274. The van der Waals surface area contributed by atoms with E-state index in [9.17, 15) is 27.6 Å². The Labute approximate surface area is 216 Å². The quantitative estimate of drug-likeness (QED) is 0.312. The molecule has 0 atom stereocenters. The molecule has 0 aliphatic heterocycles. The fourth-order valence-electron chi connectivity index (χ4n) is 2.85. The van der Waals surface area contributed by atoms with Gasteiger partial charge < -0.3 is 19.5 Å². The minimum absolute atomic E-state index is 0.0952. The molecule has 0 radical (unpaired) electrons. The van der Waals surface area contributed by atoms with E-state index < -0.39 is 36.6 Å². The first-order valence-electron chi connectivity index (χ1n) is 10.1. The van der Waals surface area contributed by atoms with E-state index in [2.05, 4.69) is 10.1 Å². The predicted octanol–water partition coefficient (Wildman–Crippen LogP) is 6.59. The molecular formula is C23H16Cl2F3NO6S. The lowest BCUT2D eigenvalue weighted by Crippen LogP contribution is -2.22. The van der Waals surface area contributed by atoms with Crippen molar-refractivity contribution in [2.24, 2.45) is 0 Å². The summed E-state index contributed by atoms with van der Waals surface area (Å²) in [7, 11) is 0. The summed E-state index contributed by atoms with van der Waals surface area (Å²) in [5.41, 5.74) is 0.593. The maximum Gasteiger partial charge on any atom is 0.573 e. The highest BCUT2D eigenvalue weighted by Gasteiger charge is 2.31. The van der Waals surface area contributed by atoms with E-state index in [1.165, 1.54) is 12.1 Å². The number of benzene rings is 2. The van der Waals surface area contributed by atoms with E-state index in [4.69, 9.17) is 32.7 Å². The van der Waals surface area contributed by atoms with Crippen molar-refractivity contribution in [3.05, 3.63) is 69.0 Å². The molecule has 190 valence electrons. The van der Waals surface area contributed by atoms with Crippen LogP contribution in [0.15, 0.2) is 48.5 Å². The minimum Gasteiger partial charge on any atom is -0.462 e. The first-order chi connectivity index (χ1) is 17.0. The Morgan fingerprint density at radius 2 is 1.67 bits per heavy atom. The van der Waals surface area contributed by atoms with Gasteiger partial charge in [0.25, 0.3) is 5.91 Å². The van der Waals surface area contributed by atoms with Gasteiger partial charge in [-0.15, -0.1) is 24.5 Å². The number of esters is 2. The highest BCUT2D eigenvalue weighted by atomic mass is 35.5. The second-order valence-corrected chi connectivity index (χ2v) is 8.79. The summed E-state index contributed by atoms with van der Waals surface area (Å²) in [6.07, 6.45) is -4.87. The zero-order valence-electron chi connectivity index (χ0n) is 18.3. The number of hydrogen-bond donors (Lipinski definition) is 1. The van der Waals surface area contributed by atoms with Gasteiger partial charge in [-0.05, 0) is 49.4 Å². The van der Waals surface area contributed by atoms with Crippen LogP contribution in [-0.2, 0) is 14.3 Å². The molecule has 36 heavy (non-hydrogen) atoms. The fraction of sp³-hybridized carbons (Fsp3) is 0.174. The second kappa shape index (κ2) is 11.6. The number of rotatable bonds is 8. The number of thiophene rings is 1. The normalized spacial score (nSPS) is 11.1. The lowest BCUT2D eigenvalue weighted by atomic mass is 10.2. The SMILES string of the molecule is CCOC(=O)c1sc(-c2ccc(Cl)cc2Cl)cc1NC(=O)COC(=O)c1ccc(OC(F)(F)F)cc1. The van der Waals surface area contributed by atoms with E-state index in [1.54, 1.807) is 19.1 Å². The highest BCUT2D eigenvalue weighted by molar-refractivity contribution is 7.18. The van der Waals surface area contributed by atoms with Gasteiger partial charge in [0.15, 0.2) is 6.61 Å². The molecule has 0 fully saturated rings. The van der Waals surface area contributed by atoms with Gasteiger partial charge in [0.1, 0.15) is 10.6 Å². The monoisotopic (exact) mass is 561 g/mol. The van der Waals surface area contributed by atoms with Crippen molar-refractivity contribution >= 4 is 58.1 Å².